The van der Waals surface area contributed by atoms with Gasteiger partial charge in [-0.1, -0.05) is 0 Å². The molecule has 1 fully saturated rings. The first kappa shape index (κ1) is 15.9. The average Bonchev–Trinajstić information content (AvgIpc) is 2.12. The molecule has 0 radical (unpaired) electrons. The van der Waals surface area contributed by atoms with Gasteiger partial charge in [0, 0.05) is 0 Å². The molecule has 0 bridgehead atoms. The summed E-state index contributed by atoms with van der Waals surface area (Å²) in [5.74, 6) is 0. The van der Waals surface area contributed by atoms with Gasteiger partial charge in [0.05, 0.1) is 13.2 Å². The van der Waals surface area contributed by atoms with Crippen LogP contribution in [0.1, 0.15) is 0 Å². The molecular formula is C6H15O9P. The fourth-order valence-electron chi connectivity index (χ4n) is 1.03. The Morgan fingerprint density at radius 1 is 1.12 bits per heavy atom. The summed E-state index contributed by atoms with van der Waals surface area (Å²) in [4.78, 5) is 21.6. The molecule has 1 rings (SSSR count). The molecule has 0 aromatic carbocycles. The smallest absolute Gasteiger partial charge is 0.394 e. The maximum Gasteiger partial charge on any atom is 0.466 e. The molecule has 1 heterocycles. The van der Waals surface area contributed by atoms with E-state index in [0.717, 1.165) is 0 Å². The number of aliphatic hydroxyl groups excluding tert-OH is 4. The van der Waals surface area contributed by atoms with Crippen molar-refractivity contribution in [3.05, 3.63) is 0 Å². The van der Waals surface area contributed by atoms with Gasteiger partial charge in [-0.2, -0.15) is 0 Å². The first-order valence-corrected chi connectivity index (χ1v) is 5.78. The summed E-state index contributed by atoms with van der Waals surface area (Å²) in [5, 5.41) is 35.7. The minimum Gasteiger partial charge on any atom is -0.394 e. The minimum absolute atomic E-state index is 0.0521. The Hall–Kier alpha value is -0.0900. The van der Waals surface area contributed by atoms with Crippen LogP contribution in [0.4, 0.5) is 0 Å². The molecule has 9 nitrogen and oxygen atoms in total. The minimum atomic E-state index is -4.64. The van der Waals surface area contributed by atoms with E-state index in [1.165, 1.54) is 0 Å². The molecule has 0 aromatic rings. The Kier molecular flexibility index (Phi) is 6.56. The number of phosphoric acid groups is 1. The molecule has 16 heavy (non-hydrogen) atoms. The van der Waals surface area contributed by atoms with Gasteiger partial charge in [0.1, 0.15) is 24.4 Å². The summed E-state index contributed by atoms with van der Waals surface area (Å²) in [5.41, 5.74) is 0. The molecule has 0 amide bonds. The molecule has 10 heteroatoms. The lowest BCUT2D eigenvalue weighted by molar-refractivity contribution is -0.195. The average molecular weight is 262 g/mol. The molecule has 1 aliphatic rings. The monoisotopic (exact) mass is 262 g/mol. The van der Waals surface area contributed by atoms with Crippen molar-refractivity contribution in [2.45, 2.75) is 24.4 Å². The lowest BCUT2D eigenvalue weighted by atomic mass is 10.0. The molecule has 7 N–H and O–H groups in total. The Bertz CT molecular complexity index is 230. The van der Waals surface area contributed by atoms with Crippen molar-refractivity contribution in [2.24, 2.45) is 0 Å². The van der Waals surface area contributed by atoms with Crippen LogP contribution in [0.15, 0.2) is 0 Å². The summed E-state index contributed by atoms with van der Waals surface area (Å²) in [6.07, 6.45) is -4.27. The maximum atomic E-state index is 9.11. The van der Waals surface area contributed by atoms with Gasteiger partial charge in [-0.15, -0.1) is 0 Å². The van der Waals surface area contributed by atoms with Crippen LogP contribution in [0.25, 0.3) is 0 Å². The molecule has 0 aliphatic carbocycles. The van der Waals surface area contributed by atoms with Crippen LogP contribution in [0.3, 0.4) is 0 Å². The summed E-state index contributed by atoms with van der Waals surface area (Å²) in [6.45, 7) is -0.408. The van der Waals surface area contributed by atoms with Crippen LogP contribution in [0.5, 0.6) is 0 Å². The molecule has 0 spiro atoms. The lowest BCUT2D eigenvalue weighted by Gasteiger charge is -2.34. The van der Waals surface area contributed by atoms with Crippen molar-refractivity contribution in [1.29, 1.82) is 0 Å². The van der Waals surface area contributed by atoms with Gasteiger partial charge in [-0.3, -0.25) is 0 Å². The second-order valence-corrected chi connectivity index (χ2v) is 4.14. The Morgan fingerprint density at radius 3 is 1.94 bits per heavy atom. The third-order valence-electron chi connectivity index (χ3n) is 1.79. The molecule has 0 unspecified atom stereocenters. The second-order valence-electron chi connectivity index (χ2n) is 3.12. The molecule has 4 atom stereocenters. The van der Waals surface area contributed by atoms with Crippen LogP contribution >= 0.6 is 7.82 Å². The summed E-state index contributed by atoms with van der Waals surface area (Å²) < 4.78 is 13.7. The molecule has 0 aromatic heterocycles. The lowest BCUT2D eigenvalue weighted by Crippen LogP contribution is -2.53. The second kappa shape index (κ2) is 6.60. The zero-order chi connectivity index (χ0) is 12.9. The van der Waals surface area contributed by atoms with Crippen molar-refractivity contribution in [3.63, 3.8) is 0 Å². The number of ether oxygens (including phenoxy) is 1. The quantitative estimate of drug-likeness (QED) is 0.237. The van der Waals surface area contributed by atoms with Gasteiger partial charge < -0.3 is 39.8 Å². The van der Waals surface area contributed by atoms with Crippen molar-refractivity contribution in [1.82, 2.24) is 0 Å². The topological polar surface area (TPSA) is 168 Å². The number of aliphatic hydroxyl groups is 4. The van der Waals surface area contributed by atoms with Gasteiger partial charge in [0.25, 0.3) is 0 Å². The SMILES string of the molecule is O=P(O)(O)O.OC[C@H]1OC[C@H](O)[C@@H](O)[C@@H]1O. The predicted molar refractivity (Wildman–Crippen MR) is 49.1 cm³/mol. The van der Waals surface area contributed by atoms with E-state index in [2.05, 4.69) is 0 Å². The number of hydrogen-bond donors (Lipinski definition) is 7. The van der Waals surface area contributed by atoms with E-state index in [9.17, 15) is 0 Å². The molecule has 1 saturated heterocycles. The van der Waals surface area contributed by atoms with E-state index in [1.54, 1.807) is 0 Å². The number of hydrogen-bond acceptors (Lipinski definition) is 6. The van der Waals surface area contributed by atoms with E-state index in [4.69, 9.17) is 44.4 Å². The zero-order valence-electron chi connectivity index (χ0n) is 8.12. The van der Waals surface area contributed by atoms with Gasteiger partial charge in [0.15, 0.2) is 0 Å². The highest BCUT2D eigenvalue weighted by molar-refractivity contribution is 7.45. The van der Waals surface area contributed by atoms with Crippen molar-refractivity contribution in [3.8, 4) is 0 Å². The van der Waals surface area contributed by atoms with Gasteiger partial charge in [0.2, 0.25) is 0 Å². The Morgan fingerprint density at radius 2 is 1.56 bits per heavy atom. The third-order valence-corrected chi connectivity index (χ3v) is 1.79. The Balaban J connectivity index is 0.000000385. The van der Waals surface area contributed by atoms with Gasteiger partial charge in [-0.25, -0.2) is 4.57 Å². The fourth-order valence-corrected chi connectivity index (χ4v) is 1.03. The summed E-state index contributed by atoms with van der Waals surface area (Å²) in [6, 6.07) is 0. The first-order chi connectivity index (χ1) is 7.16. The van der Waals surface area contributed by atoms with Gasteiger partial charge in [-0.05, 0) is 0 Å². The highest BCUT2D eigenvalue weighted by atomic mass is 31.2. The van der Waals surface area contributed by atoms with Crippen LogP contribution in [-0.2, 0) is 9.30 Å². The molecule has 1 aliphatic heterocycles. The van der Waals surface area contributed by atoms with Crippen molar-refractivity contribution < 1.29 is 44.4 Å². The molecule has 0 saturated carbocycles. The molecular weight excluding hydrogens is 247 g/mol. The normalized spacial score (nSPS) is 35.2. The van der Waals surface area contributed by atoms with E-state index < -0.39 is 32.2 Å². The third kappa shape index (κ3) is 6.48. The largest absolute Gasteiger partial charge is 0.466 e. The van der Waals surface area contributed by atoms with E-state index in [-0.39, 0.29) is 13.2 Å². The standard InChI is InChI=1S/C6H12O5.H3O4P/c7-1-4-6(10)5(9)3(8)2-11-4;1-5(2,3)4/h3-10H,1-2H2;(H3,1,2,3,4)/t3-,4+,5+,6+;/m0./s1. The predicted octanol–water partition coefficient (Wildman–Crippen LogP) is -3.47. The molecule has 98 valence electrons. The highest BCUT2D eigenvalue weighted by Gasteiger charge is 2.36. The van der Waals surface area contributed by atoms with Crippen LogP contribution in [0.2, 0.25) is 0 Å². The number of rotatable bonds is 1. The van der Waals surface area contributed by atoms with Crippen LogP contribution in [0, 0.1) is 0 Å². The van der Waals surface area contributed by atoms with E-state index >= 15 is 0 Å². The highest BCUT2D eigenvalue weighted by Crippen LogP contribution is 2.25. The van der Waals surface area contributed by atoms with Gasteiger partial charge >= 0.3 is 7.82 Å². The summed E-state index contributed by atoms with van der Waals surface area (Å²) >= 11 is 0. The van der Waals surface area contributed by atoms with Crippen LogP contribution < -0.4 is 0 Å². The first-order valence-electron chi connectivity index (χ1n) is 4.21. The van der Waals surface area contributed by atoms with Crippen molar-refractivity contribution in [2.75, 3.05) is 13.2 Å². The van der Waals surface area contributed by atoms with Crippen LogP contribution in [-0.4, -0.2) is 72.7 Å². The Labute approximate surface area is 90.8 Å². The van der Waals surface area contributed by atoms with E-state index in [1.807, 2.05) is 0 Å². The summed E-state index contributed by atoms with van der Waals surface area (Å²) in [7, 11) is -4.64. The van der Waals surface area contributed by atoms with Crippen molar-refractivity contribution >= 4 is 7.82 Å². The maximum absolute atomic E-state index is 9.11. The zero-order valence-corrected chi connectivity index (χ0v) is 9.01. The van der Waals surface area contributed by atoms with E-state index in [0.29, 0.717) is 0 Å². The fraction of sp³-hybridized carbons (Fsp3) is 1.00.